The third-order valence-electron chi connectivity index (χ3n) is 4.49. The Kier molecular flexibility index (Phi) is 6.81. The van der Waals surface area contributed by atoms with E-state index in [0.717, 1.165) is 15.6 Å². The minimum Gasteiger partial charge on any atom is -0.381 e. The van der Waals surface area contributed by atoms with Crippen LogP contribution in [0.2, 0.25) is 0 Å². The zero-order valence-electron chi connectivity index (χ0n) is 15.4. The van der Waals surface area contributed by atoms with Crippen LogP contribution < -0.4 is 10.6 Å². The summed E-state index contributed by atoms with van der Waals surface area (Å²) in [6, 6.07) is 0. The van der Waals surface area contributed by atoms with Gasteiger partial charge in [-0.25, -0.2) is 18.4 Å². The van der Waals surface area contributed by atoms with Gasteiger partial charge in [0.15, 0.2) is 15.8 Å². The number of hydrogen-bond donors (Lipinski definition) is 2. The van der Waals surface area contributed by atoms with E-state index < -0.39 is 14.6 Å². The first-order valence-corrected chi connectivity index (χ1v) is 11.2. The van der Waals surface area contributed by atoms with Crippen molar-refractivity contribution in [2.24, 2.45) is 4.99 Å². The number of thiazole rings is 1. The molecule has 7 nitrogen and oxygen atoms in total. The second kappa shape index (κ2) is 8.46. The van der Waals surface area contributed by atoms with Crippen LogP contribution in [0.4, 0.5) is 0 Å². The molecule has 0 aromatic carbocycles. The first-order valence-electron chi connectivity index (χ1n) is 8.50. The van der Waals surface area contributed by atoms with Gasteiger partial charge in [-0.3, -0.25) is 0 Å². The lowest BCUT2D eigenvalue weighted by Crippen LogP contribution is -2.53. The van der Waals surface area contributed by atoms with Crippen molar-refractivity contribution in [1.29, 1.82) is 0 Å². The second-order valence-corrected chi connectivity index (χ2v) is 10.1. The van der Waals surface area contributed by atoms with Gasteiger partial charge in [0, 0.05) is 37.4 Å². The van der Waals surface area contributed by atoms with Crippen LogP contribution in [0.3, 0.4) is 0 Å². The number of guanidine groups is 1. The summed E-state index contributed by atoms with van der Waals surface area (Å²) in [5, 5.41) is 7.43. The summed E-state index contributed by atoms with van der Waals surface area (Å²) in [4.78, 5) is 10.1. The predicted octanol–water partition coefficient (Wildman–Crippen LogP) is 1.41. The Hall–Kier alpha value is -1.19. The number of nitrogens with zero attached hydrogens (tertiary/aromatic N) is 2. The SMILES string of the molecule is CCNC(=NCc1sc(C)nc1C)NCC1(S(C)(=O)=O)CCOCC1. The Morgan fingerprint density at radius 2 is 2.00 bits per heavy atom. The summed E-state index contributed by atoms with van der Waals surface area (Å²) in [7, 11) is -3.20. The van der Waals surface area contributed by atoms with Crippen molar-refractivity contribution in [2.75, 3.05) is 32.6 Å². The van der Waals surface area contributed by atoms with Gasteiger partial charge in [-0.1, -0.05) is 0 Å². The Balaban J connectivity index is 2.09. The van der Waals surface area contributed by atoms with Crippen LogP contribution in [0.15, 0.2) is 4.99 Å². The van der Waals surface area contributed by atoms with Gasteiger partial charge in [0.25, 0.3) is 0 Å². The molecule has 142 valence electrons. The van der Waals surface area contributed by atoms with Crippen LogP contribution in [-0.2, 0) is 21.1 Å². The van der Waals surface area contributed by atoms with Gasteiger partial charge < -0.3 is 15.4 Å². The number of aliphatic imine (C=N–C) groups is 1. The molecule has 1 fully saturated rings. The zero-order chi connectivity index (χ0) is 18.5. The topological polar surface area (TPSA) is 92.7 Å². The summed E-state index contributed by atoms with van der Waals surface area (Å²) in [5.41, 5.74) is 0.999. The zero-order valence-corrected chi connectivity index (χ0v) is 17.0. The van der Waals surface area contributed by atoms with E-state index in [1.165, 1.54) is 6.26 Å². The van der Waals surface area contributed by atoms with Gasteiger partial charge in [-0.05, 0) is 33.6 Å². The molecule has 1 aliphatic rings. The average molecular weight is 389 g/mol. The van der Waals surface area contributed by atoms with Crippen LogP contribution in [0, 0.1) is 13.8 Å². The molecule has 0 saturated carbocycles. The van der Waals surface area contributed by atoms with Crippen LogP contribution in [0.5, 0.6) is 0 Å². The fraction of sp³-hybridized carbons (Fsp3) is 0.750. The molecule has 1 aromatic rings. The smallest absolute Gasteiger partial charge is 0.191 e. The van der Waals surface area contributed by atoms with E-state index in [2.05, 4.69) is 20.6 Å². The molecular formula is C16H28N4O3S2. The van der Waals surface area contributed by atoms with Crippen LogP contribution >= 0.6 is 11.3 Å². The highest BCUT2D eigenvalue weighted by molar-refractivity contribution is 7.92. The molecule has 2 N–H and O–H groups in total. The summed E-state index contributed by atoms with van der Waals surface area (Å²) in [5.74, 6) is 0.627. The number of aryl methyl sites for hydroxylation is 2. The van der Waals surface area contributed by atoms with Gasteiger partial charge in [-0.2, -0.15) is 0 Å². The lowest BCUT2D eigenvalue weighted by molar-refractivity contribution is 0.0756. The summed E-state index contributed by atoms with van der Waals surface area (Å²) >= 11 is 1.64. The molecule has 1 aromatic heterocycles. The third kappa shape index (κ3) is 5.15. The van der Waals surface area contributed by atoms with Crippen LogP contribution in [-0.4, -0.2) is 56.7 Å². The van der Waals surface area contributed by atoms with Crippen LogP contribution in [0.1, 0.15) is 35.3 Å². The minimum atomic E-state index is -3.20. The van der Waals surface area contributed by atoms with Crippen molar-refractivity contribution >= 4 is 27.1 Å². The molecule has 0 aliphatic carbocycles. The molecule has 25 heavy (non-hydrogen) atoms. The molecule has 2 rings (SSSR count). The maximum absolute atomic E-state index is 12.3. The number of rotatable bonds is 6. The van der Waals surface area contributed by atoms with E-state index in [-0.39, 0.29) is 0 Å². The van der Waals surface area contributed by atoms with Crippen LogP contribution in [0.25, 0.3) is 0 Å². The maximum Gasteiger partial charge on any atom is 0.191 e. The number of aromatic nitrogens is 1. The molecule has 0 bridgehead atoms. The second-order valence-electron chi connectivity index (χ2n) is 6.36. The normalized spacial score (nSPS) is 18.2. The van der Waals surface area contributed by atoms with Crippen molar-refractivity contribution < 1.29 is 13.2 Å². The van der Waals surface area contributed by atoms with E-state index in [9.17, 15) is 8.42 Å². The van der Waals surface area contributed by atoms with Gasteiger partial charge in [-0.15, -0.1) is 11.3 Å². The molecule has 0 amide bonds. The molecular weight excluding hydrogens is 360 g/mol. The summed E-state index contributed by atoms with van der Waals surface area (Å²) < 4.78 is 29.2. The third-order valence-corrected chi connectivity index (χ3v) is 7.68. The summed E-state index contributed by atoms with van der Waals surface area (Å²) in [6.07, 6.45) is 2.32. The monoisotopic (exact) mass is 388 g/mol. The number of ether oxygens (including phenoxy) is 1. The molecule has 1 saturated heterocycles. The Labute approximate surface area is 154 Å². The Bertz CT molecular complexity index is 707. The van der Waals surface area contributed by atoms with E-state index >= 15 is 0 Å². The molecule has 9 heteroatoms. The molecule has 0 atom stereocenters. The van der Waals surface area contributed by atoms with E-state index in [0.29, 0.717) is 51.6 Å². The first kappa shape index (κ1) is 20.1. The fourth-order valence-corrected chi connectivity index (χ4v) is 4.98. The summed E-state index contributed by atoms with van der Waals surface area (Å²) in [6.45, 7) is 8.47. The number of sulfone groups is 1. The van der Waals surface area contributed by atoms with Crippen molar-refractivity contribution in [3.8, 4) is 0 Å². The van der Waals surface area contributed by atoms with Gasteiger partial charge in [0.1, 0.15) is 0 Å². The maximum atomic E-state index is 12.3. The molecule has 2 heterocycles. The fourth-order valence-electron chi connectivity index (χ4n) is 2.88. The van der Waals surface area contributed by atoms with Crippen molar-refractivity contribution in [2.45, 2.75) is 44.9 Å². The highest BCUT2D eigenvalue weighted by Gasteiger charge is 2.42. The number of hydrogen-bond acceptors (Lipinski definition) is 6. The van der Waals surface area contributed by atoms with Gasteiger partial charge in [0.2, 0.25) is 0 Å². The van der Waals surface area contributed by atoms with E-state index in [4.69, 9.17) is 4.74 Å². The largest absolute Gasteiger partial charge is 0.381 e. The lowest BCUT2D eigenvalue weighted by atomic mass is 9.99. The molecule has 0 spiro atoms. The molecule has 1 aliphatic heterocycles. The average Bonchev–Trinajstić information content (AvgIpc) is 2.87. The molecule has 0 unspecified atom stereocenters. The van der Waals surface area contributed by atoms with E-state index in [1.807, 2.05) is 20.8 Å². The Morgan fingerprint density at radius 1 is 1.32 bits per heavy atom. The predicted molar refractivity (Wildman–Crippen MR) is 102 cm³/mol. The number of nitrogens with one attached hydrogen (secondary N) is 2. The first-order chi connectivity index (χ1) is 11.8. The van der Waals surface area contributed by atoms with Gasteiger partial charge >= 0.3 is 0 Å². The highest BCUT2D eigenvalue weighted by Crippen LogP contribution is 2.28. The Morgan fingerprint density at radius 3 is 2.52 bits per heavy atom. The highest BCUT2D eigenvalue weighted by atomic mass is 32.2. The lowest BCUT2D eigenvalue weighted by Gasteiger charge is -2.35. The quantitative estimate of drug-likeness (QED) is 0.565. The van der Waals surface area contributed by atoms with E-state index in [1.54, 1.807) is 11.3 Å². The van der Waals surface area contributed by atoms with Crippen molar-refractivity contribution in [3.63, 3.8) is 0 Å². The molecule has 0 radical (unpaired) electrons. The van der Waals surface area contributed by atoms with Gasteiger partial charge in [0.05, 0.1) is 22.0 Å². The minimum absolute atomic E-state index is 0.335. The standard InChI is InChI=1S/C16H28N4O3S2/c1-5-17-15(18-10-14-12(2)20-13(3)24-14)19-11-16(25(4,21)22)6-8-23-9-7-16/h5-11H2,1-4H3,(H2,17,18,19). The van der Waals surface area contributed by atoms with Crippen molar-refractivity contribution in [1.82, 2.24) is 15.6 Å². The van der Waals surface area contributed by atoms with Crippen molar-refractivity contribution in [3.05, 3.63) is 15.6 Å².